The SMILES string of the molecule is O=C(c1n[nH]c2ccccc12)N1CCSc2ccccc21. The minimum atomic E-state index is -0.0415. The number of hydrogen-bond donors (Lipinski definition) is 1. The summed E-state index contributed by atoms with van der Waals surface area (Å²) in [4.78, 5) is 15.8. The number of carbonyl (C=O) groups is 1. The molecule has 1 aliphatic rings. The number of anilines is 1. The third-order valence-corrected chi connectivity index (χ3v) is 4.69. The first kappa shape index (κ1) is 12.5. The van der Waals surface area contributed by atoms with Crippen LogP contribution in [0.15, 0.2) is 53.4 Å². The zero-order valence-corrected chi connectivity index (χ0v) is 12.1. The van der Waals surface area contributed by atoms with E-state index in [1.165, 1.54) is 0 Å². The van der Waals surface area contributed by atoms with E-state index in [9.17, 15) is 4.79 Å². The summed E-state index contributed by atoms with van der Waals surface area (Å²) in [6, 6.07) is 15.7. The molecule has 1 aliphatic heterocycles. The molecule has 1 N–H and O–H groups in total. The van der Waals surface area contributed by atoms with Crippen LogP contribution in [0.3, 0.4) is 0 Å². The second kappa shape index (κ2) is 4.93. The van der Waals surface area contributed by atoms with E-state index < -0.39 is 0 Å². The molecular weight excluding hydrogens is 282 g/mol. The van der Waals surface area contributed by atoms with Crippen LogP contribution in [0.1, 0.15) is 10.5 Å². The van der Waals surface area contributed by atoms with Crippen molar-refractivity contribution in [1.29, 1.82) is 0 Å². The van der Waals surface area contributed by atoms with Gasteiger partial charge in [-0.15, -0.1) is 11.8 Å². The summed E-state index contributed by atoms with van der Waals surface area (Å²) < 4.78 is 0. The van der Waals surface area contributed by atoms with Crippen LogP contribution in [-0.2, 0) is 0 Å². The van der Waals surface area contributed by atoms with Gasteiger partial charge in [-0.25, -0.2) is 0 Å². The van der Waals surface area contributed by atoms with Crippen LogP contribution in [0.5, 0.6) is 0 Å². The van der Waals surface area contributed by atoms with E-state index >= 15 is 0 Å². The molecule has 2 heterocycles. The normalized spacial score (nSPS) is 14.2. The number of rotatable bonds is 1. The summed E-state index contributed by atoms with van der Waals surface area (Å²) in [6.45, 7) is 0.710. The van der Waals surface area contributed by atoms with Crippen molar-refractivity contribution in [3.63, 3.8) is 0 Å². The smallest absolute Gasteiger partial charge is 0.279 e. The van der Waals surface area contributed by atoms with Gasteiger partial charge < -0.3 is 4.90 Å². The lowest BCUT2D eigenvalue weighted by Crippen LogP contribution is -2.35. The van der Waals surface area contributed by atoms with Crippen molar-refractivity contribution >= 4 is 34.3 Å². The number of nitrogens with one attached hydrogen (secondary N) is 1. The third-order valence-electron chi connectivity index (χ3n) is 3.65. The lowest BCUT2D eigenvalue weighted by molar-refractivity contribution is 0.0984. The Morgan fingerprint density at radius 3 is 2.90 bits per heavy atom. The maximum absolute atomic E-state index is 12.9. The highest BCUT2D eigenvalue weighted by Gasteiger charge is 2.26. The molecule has 0 bridgehead atoms. The summed E-state index contributed by atoms with van der Waals surface area (Å²) in [6.07, 6.45) is 0. The van der Waals surface area contributed by atoms with Gasteiger partial charge in [-0.1, -0.05) is 30.3 Å². The van der Waals surface area contributed by atoms with Crippen LogP contribution in [0.25, 0.3) is 10.9 Å². The Morgan fingerprint density at radius 1 is 1.14 bits per heavy atom. The fourth-order valence-electron chi connectivity index (χ4n) is 2.63. The largest absolute Gasteiger partial charge is 0.305 e. The number of hydrogen-bond acceptors (Lipinski definition) is 3. The maximum atomic E-state index is 12.9. The molecule has 3 aromatic rings. The predicted octanol–water partition coefficient (Wildman–Crippen LogP) is 3.32. The number of H-pyrrole nitrogens is 1. The summed E-state index contributed by atoms with van der Waals surface area (Å²) >= 11 is 1.79. The number of amides is 1. The van der Waals surface area contributed by atoms with E-state index in [1.54, 1.807) is 11.8 Å². The molecule has 0 spiro atoms. The van der Waals surface area contributed by atoms with Crippen molar-refractivity contribution in [2.24, 2.45) is 0 Å². The first-order valence-corrected chi connectivity index (χ1v) is 7.80. The number of fused-ring (bicyclic) bond motifs is 2. The number of thioether (sulfide) groups is 1. The molecule has 5 heteroatoms. The maximum Gasteiger partial charge on any atom is 0.279 e. The minimum absolute atomic E-state index is 0.0415. The van der Waals surface area contributed by atoms with Crippen LogP contribution >= 0.6 is 11.8 Å². The molecule has 0 atom stereocenters. The van der Waals surface area contributed by atoms with Gasteiger partial charge in [0.1, 0.15) is 0 Å². The molecule has 0 radical (unpaired) electrons. The zero-order valence-electron chi connectivity index (χ0n) is 11.2. The second-order valence-electron chi connectivity index (χ2n) is 4.89. The number of nitrogens with zero attached hydrogens (tertiary/aromatic N) is 2. The Labute approximate surface area is 126 Å². The second-order valence-corrected chi connectivity index (χ2v) is 6.03. The minimum Gasteiger partial charge on any atom is -0.305 e. The van der Waals surface area contributed by atoms with Crippen molar-refractivity contribution in [2.75, 3.05) is 17.2 Å². The first-order valence-electron chi connectivity index (χ1n) is 6.81. The van der Waals surface area contributed by atoms with Crippen molar-refractivity contribution in [3.8, 4) is 0 Å². The molecule has 1 aromatic heterocycles. The highest BCUT2D eigenvalue weighted by atomic mass is 32.2. The summed E-state index contributed by atoms with van der Waals surface area (Å²) in [5.41, 5.74) is 2.36. The van der Waals surface area contributed by atoms with E-state index in [2.05, 4.69) is 16.3 Å². The Bertz CT molecular complexity index is 827. The summed E-state index contributed by atoms with van der Waals surface area (Å²) in [5.74, 6) is 0.866. The van der Waals surface area contributed by atoms with E-state index in [-0.39, 0.29) is 5.91 Å². The molecule has 21 heavy (non-hydrogen) atoms. The number of carbonyl (C=O) groups excluding carboxylic acids is 1. The van der Waals surface area contributed by atoms with E-state index in [0.29, 0.717) is 12.2 Å². The van der Waals surface area contributed by atoms with Gasteiger partial charge >= 0.3 is 0 Å². The highest BCUT2D eigenvalue weighted by molar-refractivity contribution is 7.99. The lowest BCUT2D eigenvalue weighted by Gasteiger charge is -2.28. The van der Waals surface area contributed by atoms with E-state index in [0.717, 1.165) is 27.2 Å². The molecule has 0 aliphatic carbocycles. The topological polar surface area (TPSA) is 49.0 Å². The average molecular weight is 295 g/mol. The summed E-state index contributed by atoms with van der Waals surface area (Å²) in [5, 5.41) is 8.02. The van der Waals surface area contributed by atoms with Gasteiger partial charge in [-0.3, -0.25) is 9.89 Å². The van der Waals surface area contributed by atoms with Crippen molar-refractivity contribution in [2.45, 2.75) is 4.90 Å². The van der Waals surface area contributed by atoms with Gasteiger partial charge in [0.15, 0.2) is 5.69 Å². The van der Waals surface area contributed by atoms with Gasteiger partial charge in [-0.05, 0) is 18.2 Å². The van der Waals surface area contributed by atoms with Crippen LogP contribution < -0.4 is 4.90 Å². The predicted molar refractivity (Wildman–Crippen MR) is 84.9 cm³/mol. The Balaban J connectivity index is 1.79. The Hall–Kier alpha value is -2.27. The van der Waals surface area contributed by atoms with Gasteiger partial charge in [0.25, 0.3) is 5.91 Å². The number of para-hydroxylation sites is 2. The van der Waals surface area contributed by atoms with E-state index in [1.807, 2.05) is 47.4 Å². The molecule has 2 aromatic carbocycles. The van der Waals surface area contributed by atoms with E-state index in [4.69, 9.17) is 0 Å². The summed E-state index contributed by atoms with van der Waals surface area (Å²) in [7, 11) is 0. The fourth-order valence-corrected chi connectivity index (χ4v) is 3.63. The van der Waals surface area contributed by atoms with Gasteiger partial charge in [0.2, 0.25) is 0 Å². The van der Waals surface area contributed by atoms with Crippen LogP contribution in [0, 0.1) is 0 Å². The number of benzene rings is 2. The van der Waals surface area contributed by atoms with Crippen molar-refractivity contribution < 1.29 is 4.79 Å². The van der Waals surface area contributed by atoms with Gasteiger partial charge in [0.05, 0.1) is 11.2 Å². The fraction of sp³-hybridized carbons (Fsp3) is 0.125. The standard InChI is InChI=1S/C16H13N3OS/c20-16(15-11-5-1-2-6-12(11)17-18-15)19-9-10-21-14-8-4-3-7-13(14)19/h1-8H,9-10H2,(H,17,18). The van der Waals surface area contributed by atoms with Crippen LogP contribution in [-0.4, -0.2) is 28.4 Å². The quantitative estimate of drug-likeness (QED) is 0.749. The zero-order chi connectivity index (χ0) is 14.2. The number of aromatic amines is 1. The average Bonchev–Trinajstić information content (AvgIpc) is 2.98. The van der Waals surface area contributed by atoms with Crippen LogP contribution in [0.4, 0.5) is 5.69 Å². The Kier molecular flexibility index (Phi) is 2.93. The third kappa shape index (κ3) is 2.01. The molecule has 104 valence electrons. The highest BCUT2D eigenvalue weighted by Crippen LogP contribution is 2.35. The van der Waals surface area contributed by atoms with Crippen molar-refractivity contribution in [3.05, 3.63) is 54.2 Å². The molecule has 4 nitrogen and oxygen atoms in total. The van der Waals surface area contributed by atoms with Crippen molar-refractivity contribution in [1.82, 2.24) is 10.2 Å². The number of aromatic nitrogens is 2. The molecule has 0 saturated heterocycles. The van der Waals surface area contributed by atoms with Gasteiger partial charge in [0, 0.05) is 22.6 Å². The Morgan fingerprint density at radius 2 is 1.95 bits per heavy atom. The lowest BCUT2D eigenvalue weighted by atomic mass is 10.2. The molecule has 0 fully saturated rings. The van der Waals surface area contributed by atoms with Gasteiger partial charge in [-0.2, -0.15) is 5.10 Å². The first-order chi connectivity index (χ1) is 10.3. The molecule has 0 unspecified atom stereocenters. The molecular formula is C16H13N3OS. The molecule has 0 saturated carbocycles. The molecule has 4 rings (SSSR count). The van der Waals surface area contributed by atoms with Crippen LogP contribution in [0.2, 0.25) is 0 Å². The molecule has 1 amide bonds. The monoisotopic (exact) mass is 295 g/mol.